The molecule has 0 saturated carbocycles. The Morgan fingerprint density at radius 1 is 0.744 bits per heavy atom. The average Bonchev–Trinajstić information content (AvgIpc) is 2.97. The third-order valence-electron chi connectivity index (χ3n) is 7.55. The number of aliphatic hydroxyl groups is 1. The van der Waals surface area contributed by atoms with Gasteiger partial charge in [0.2, 0.25) is 0 Å². The third-order valence-corrected chi connectivity index (χ3v) is 8.44. The molecule has 43 heavy (non-hydrogen) atoms. The molecule has 0 aliphatic carbocycles. The van der Waals surface area contributed by atoms with Crippen LogP contribution in [0.2, 0.25) is 0 Å². The van der Waals surface area contributed by atoms with Crippen LogP contribution in [-0.4, -0.2) is 84.6 Å². The van der Waals surface area contributed by atoms with Gasteiger partial charge in [0.15, 0.2) is 6.29 Å². The van der Waals surface area contributed by atoms with E-state index in [1.54, 1.807) is 0 Å². The van der Waals surface area contributed by atoms with Crippen LogP contribution in [-0.2, 0) is 14.3 Å². The topological polar surface area (TPSA) is 79.3 Å². The van der Waals surface area contributed by atoms with Crippen molar-refractivity contribution in [2.45, 2.75) is 155 Å². The number of nitrogens with zero attached hydrogens (tertiary/aromatic N) is 2. The van der Waals surface area contributed by atoms with Crippen molar-refractivity contribution >= 4 is 23.0 Å². The summed E-state index contributed by atoms with van der Waals surface area (Å²) in [6, 6.07) is 0. The lowest BCUT2D eigenvalue weighted by Crippen LogP contribution is -2.32. The number of unbranched alkanes of at least 4 members (excludes halogenated alkanes) is 10. The first-order valence-corrected chi connectivity index (χ1v) is 18.5. The molecule has 0 aromatic heterocycles. The van der Waals surface area contributed by atoms with E-state index in [1.165, 1.54) is 76.0 Å². The quantitative estimate of drug-likeness (QED) is 0.0368. The molecule has 0 bridgehead atoms. The van der Waals surface area contributed by atoms with E-state index in [9.17, 15) is 14.7 Å². The first-order chi connectivity index (χ1) is 20.8. The predicted molar refractivity (Wildman–Crippen MR) is 184 cm³/mol. The minimum absolute atomic E-state index is 0.0290. The van der Waals surface area contributed by atoms with Gasteiger partial charge in [-0.15, -0.1) is 0 Å². The van der Waals surface area contributed by atoms with Crippen LogP contribution >= 0.6 is 11.8 Å². The molecule has 0 aliphatic rings. The number of allylic oxidation sites excluding steroid dienone is 1. The van der Waals surface area contributed by atoms with Gasteiger partial charge in [-0.1, -0.05) is 115 Å². The molecule has 0 spiro atoms. The number of thioether (sulfide) groups is 1. The van der Waals surface area contributed by atoms with E-state index in [1.807, 2.05) is 25.1 Å². The van der Waals surface area contributed by atoms with Gasteiger partial charge >= 0.3 is 5.97 Å². The maximum Gasteiger partial charge on any atom is 0.306 e. The Hall–Kier alpha value is -1.09. The number of esters is 1. The highest BCUT2D eigenvalue weighted by Crippen LogP contribution is 2.19. The van der Waals surface area contributed by atoms with Gasteiger partial charge in [-0.25, -0.2) is 0 Å². The lowest BCUT2D eigenvalue weighted by molar-refractivity contribution is -0.144. The van der Waals surface area contributed by atoms with E-state index >= 15 is 0 Å². The zero-order valence-corrected chi connectivity index (χ0v) is 29.5. The molecule has 0 saturated heterocycles. The molecule has 1 atom stereocenters. The lowest BCUT2D eigenvalue weighted by Gasteiger charge is -2.25. The van der Waals surface area contributed by atoms with Gasteiger partial charge in [0.25, 0.3) is 5.24 Å². The maximum atomic E-state index is 13.0. The van der Waals surface area contributed by atoms with Gasteiger partial charge in [0.1, 0.15) is 6.61 Å². The summed E-state index contributed by atoms with van der Waals surface area (Å²) in [7, 11) is 4.00. The van der Waals surface area contributed by atoms with Crippen LogP contribution in [0.25, 0.3) is 0 Å². The average molecular weight is 629 g/mol. The van der Waals surface area contributed by atoms with Crippen LogP contribution in [0.3, 0.4) is 0 Å². The minimum Gasteiger partial charge on any atom is -0.461 e. The van der Waals surface area contributed by atoms with Gasteiger partial charge in [-0.2, -0.15) is 0 Å². The maximum absolute atomic E-state index is 13.0. The molecule has 0 aromatic rings. The summed E-state index contributed by atoms with van der Waals surface area (Å²) < 4.78 is 11.5. The van der Waals surface area contributed by atoms with E-state index in [2.05, 4.69) is 31.7 Å². The van der Waals surface area contributed by atoms with Gasteiger partial charge < -0.3 is 24.4 Å². The first kappa shape index (κ1) is 41.9. The summed E-state index contributed by atoms with van der Waals surface area (Å²) in [5, 5.41) is 10.7. The number of carbonyl (C=O) groups excluding carboxylic acids is 2. The number of hydrogen-bond acceptors (Lipinski definition) is 7. The second-order valence-electron chi connectivity index (χ2n) is 12.1. The molecule has 0 fully saturated rings. The molecule has 0 heterocycles. The number of ether oxygens (including phenoxy) is 2. The Morgan fingerprint density at radius 2 is 1.35 bits per heavy atom. The Bertz CT molecular complexity index is 665. The Balaban J connectivity index is 4.66. The molecular weight excluding hydrogens is 560 g/mol. The van der Waals surface area contributed by atoms with Crippen molar-refractivity contribution in [2.24, 2.45) is 0 Å². The van der Waals surface area contributed by atoms with Crippen molar-refractivity contribution < 1.29 is 24.2 Å². The van der Waals surface area contributed by atoms with Crippen molar-refractivity contribution in [2.75, 3.05) is 46.1 Å². The molecule has 0 radical (unpaired) electrons. The van der Waals surface area contributed by atoms with Crippen molar-refractivity contribution in [1.29, 1.82) is 0 Å². The number of carbonyl (C=O) groups is 2. The summed E-state index contributed by atoms with van der Waals surface area (Å²) in [6.45, 7) is 8.83. The van der Waals surface area contributed by atoms with E-state index in [0.29, 0.717) is 45.4 Å². The van der Waals surface area contributed by atoms with E-state index in [-0.39, 0.29) is 17.3 Å². The molecule has 0 aromatic carbocycles. The standard InChI is InChI=1S/C35H68N2O5S/c1-6-9-12-15-16-17-20-30-41-33(38)25-21-27-37(35(40)43-31-29-36(4)5)28-22-26-34(39)42-32(23-18-13-10-7-2)24-19-14-11-8-3/h17,20,32,34,39H,6-16,18-19,21-31H2,1-5H3/b20-17-. The molecule has 0 rings (SSSR count). The van der Waals surface area contributed by atoms with Crippen molar-refractivity contribution in [3.8, 4) is 0 Å². The van der Waals surface area contributed by atoms with Crippen LogP contribution in [0.5, 0.6) is 0 Å². The number of amides is 1. The Kier molecular flexibility index (Phi) is 30.1. The third kappa shape index (κ3) is 28.1. The monoisotopic (exact) mass is 628 g/mol. The predicted octanol–water partition coefficient (Wildman–Crippen LogP) is 8.98. The highest BCUT2D eigenvalue weighted by Gasteiger charge is 2.18. The van der Waals surface area contributed by atoms with Crippen molar-refractivity contribution in [1.82, 2.24) is 9.80 Å². The van der Waals surface area contributed by atoms with Gasteiger partial charge in [0.05, 0.1) is 6.10 Å². The molecule has 0 aliphatic heterocycles. The van der Waals surface area contributed by atoms with E-state index in [4.69, 9.17) is 9.47 Å². The Labute approximate surface area is 269 Å². The fraction of sp³-hybridized carbons (Fsp3) is 0.886. The van der Waals surface area contributed by atoms with E-state index in [0.717, 1.165) is 44.4 Å². The summed E-state index contributed by atoms with van der Waals surface area (Å²) in [4.78, 5) is 29.1. The van der Waals surface area contributed by atoms with Crippen LogP contribution < -0.4 is 0 Å². The largest absolute Gasteiger partial charge is 0.461 e. The summed E-state index contributed by atoms with van der Waals surface area (Å²) in [6.07, 6.45) is 22.9. The van der Waals surface area contributed by atoms with Crippen molar-refractivity contribution in [3.63, 3.8) is 0 Å². The highest BCUT2D eigenvalue weighted by molar-refractivity contribution is 8.13. The summed E-state index contributed by atoms with van der Waals surface area (Å²) >= 11 is 1.32. The normalized spacial score (nSPS) is 12.5. The second kappa shape index (κ2) is 30.9. The van der Waals surface area contributed by atoms with Gasteiger partial charge in [0, 0.05) is 31.8 Å². The molecule has 1 N–H and O–H groups in total. The fourth-order valence-electron chi connectivity index (χ4n) is 4.83. The number of aliphatic hydroxyl groups excluding tert-OH is 1. The van der Waals surface area contributed by atoms with Gasteiger partial charge in [-0.05, 0) is 59.0 Å². The highest BCUT2D eigenvalue weighted by atomic mass is 32.2. The Morgan fingerprint density at radius 3 is 1.95 bits per heavy atom. The van der Waals surface area contributed by atoms with Crippen molar-refractivity contribution in [3.05, 3.63) is 12.2 Å². The lowest BCUT2D eigenvalue weighted by atomic mass is 10.0. The molecule has 8 heteroatoms. The fourth-order valence-corrected chi connectivity index (χ4v) is 5.82. The van der Waals surface area contributed by atoms with Crippen LogP contribution in [0, 0.1) is 0 Å². The minimum atomic E-state index is -0.810. The molecular formula is C35H68N2O5S. The molecule has 254 valence electrons. The van der Waals surface area contributed by atoms with Crippen LogP contribution in [0.1, 0.15) is 143 Å². The number of hydrogen-bond donors (Lipinski definition) is 1. The second-order valence-corrected chi connectivity index (χ2v) is 13.1. The zero-order chi connectivity index (χ0) is 32.0. The van der Waals surface area contributed by atoms with Crippen LogP contribution in [0.4, 0.5) is 4.79 Å². The van der Waals surface area contributed by atoms with E-state index < -0.39 is 6.29 Å². The summed E-state index contributed by atoms with van der Waals surface area (Å²) in [5.41, 5.74) is 0. The van der Waals surface area contributed by atoms with Crippen LogP contribution in [0.15, 0.2) is 12.2 Å². The smallest absolute Gasteiger partial charge is 0.306 e. The molecule has 1 amide bonds. The summed E-state index contributed by atoms with van der Waals surface area (Å²) in [5.74, 6) is 0.495. The SMILES string of the molecule is CCCCCC/C=C\COC(=O)CCCN(CCCC(O)OC(CCCCCC)CCCCCC)C(=O)SCCN(C)C. The molecule has 1 unspecified atom stereocenters. The first-order valence-electron chi connectivity index (χ1n) is 17.5. The van der Waals surface area contributed by atoms with Gasteiger partial charge in [-0.3, -0.25) is 9.59 Å². The zero-order valence-electron chi connectivity index (χ0n) is 28.7. The number of rotatable bonds is 30. The molecule has 7 nitrogen and oxygen atoms in total.